The highest BCUT2D eigenvalue weighted by Gasteiger charge is 2.14. The van der Waals surface area contributed by atoms with Crippen LogP contribution in [0.3, 0.4) is 0 Å². The number of H-pyrrole nitrogens is 1. The van der Waals surface area contributed by atoms with E-state index in [9.17, 15) is 9.59 Å². The molecule has 0 aliphatic carbocycles. The van der Waals surface area contributed by atoms with Crippen LogP contribution in [0.2, 0.25) is 0 Å². The summed E-state index contributed by atoms with van der Waals surface area (Å²) >= 11 is 0. The van der Waals surface area contributed by atoms with Gasteiger partial charge < -0.3 is 10.1 Å². The number of aromatic carboxylic acids is 1. The van der Waals surface area contributed by atoms with Crippen LogP contribution < -0.4 is 5.56 Å². The number of aryl methyl sites for hydroxylation is 1. The van der Waals surface area contributed by atoms with E-state index in [1.165, 1.54) is 6.07 Å². The lowest BCUT2D eigenvalue weighted by molar-refractivity contribution is 0.0690. The molecule has 5 heteroatoms. The number of aromatic nitrogens is 1. The molecule has 0 atom stereocenters. The zero-order valence-corrected chi connectivity index (χ0v) is 10.1. The number of rotatable bonds is 2. The maximum atomic E-state index is 11.7. The summed E-state index contributed by atoms with van der Waals surface area (Å²) in [5.74, 6) is -1.24. The number of pyridine rings is 1. The fourth-order valence-corrected chi connectivity index (χ4v) is 1.75. The first-order valence-corrected chi connectivity index (χ1v) is 5.50. The summed E-state index contributed by atoms with van der Waals surface area (Å²) in [7, 11) is 0. The Kier molecular flexibility index (Phi) is 3.17. The van der Waals surface area contributed by atoms with Crippen LogP contribution >= 0.6 is 0 Å². The van der Waals surface area contributed by atoms with Gasteiger partial charge in [0.1, 0.15) is 17.3 Å². The third kappa shape index (κ3) is 2.38. The van der Waals surface area contributed by atoms with Crippen molar-refractivity contribution in [1.29, 1.82) is 5.26 Å². The van der Waals surface area contributed by atoms with Crippen molar-refractivity contribution < 1.29 is 9.90 Å². The number of nitrogens with one attached hydrogen (secondary N) is 1. The fourth-order valence-electron chi connectivity index (χ4n) is 1.75. The molecule has 0 bridgehead atoms. The van der Waals surface area contributed by atoms with Crippen LogP contribution in [0.25, 0.3) is 11.1 Å². The zero-order valence-electron chi connectivity index (χ0n) is 10.1. The average Bonchev–Trinajstić information content (AvgIpc) is 2.38. The van der Waals surface area contributed by atoms with Gasteiger partial charge in [0.2, 0.25) is 0 Å². The van der Waals surface area contributed by atoms with Crippen LogP contribution in [-0.4, -0.2) is 16.1 Å². The molecule has 1 aromatic heterocycles. The van der Waals surface area contributed by atoms with E-state index in [1.54, 1.807) is 18.2 Å². The summed E-state index contributed by atoms with van der Waals surface area (Å²) in [5, 5.41) is 18.0. The van der Waals surface area contributed by atoms with E-state index >= 15 is 0 Å². The second kappa shape index (κ2) is 4.78. The summed E-state index contributed by atoms with van der Waals surface area (Å²) in [6.07, 6.45) is 0. The van der Waals surface area contributed by atoms with Crippen molar-refractivity contribution in [3.8, 4) is 17.2 Å². The lowest BCUT2D eigenvalue weighted by Gasteiger charge is -2.05. The zero-order chi connectivity index (χ0) is 14.0. The Morgan fingerprint density at radius 3 is 2.47 bits per heavy atom. The smallest absolute Gasteiger partial charge is 0.352 e. The van der Waals surface area contributed by atoms with Gasteiger partial charge in [0.15, 0.2) is 0 Å². The minimum Gasteiger partial charge on any atom is -0.477 e. The summed E-state index contributed by atoms with van der Waals surface area (Å²) in [4.78, 5) is 24.8. The van der Waals surface area contributed by atoms with Gasteiger partial charge in [-0.15, -0.1) is 0 Å². The molecular formula is C14H10N2O3. The van der Waals surface area contributed by atoms with Crippen molar-refractivity contribution in [1.82, 2.24) is 4.98 Å². The van der Waals surface area contributed by atoms with Crippen molar-refractivity contribution in [3.63, 3.8) is 0 Å². The molecule has 94 valence electrons. The average molecular weight is 254 g/mol. The normalized spacial score (nSPS) is 9.89. The highest BCUT2D eigenvalue weighted by molar-refractivity contribution is 5.88. The van der Waals surface area contributed by atoms with Crippen LogP contribution in [0.15, 0.2) is 35.1 Å². The number of aromatic amines is 1. The van der Waals surface area contributed by atoms with Crippen molar-refractivity contribution in [3.05, 3.63) is 57.5 Å². The van der Waals surface area contributed by atoms with Crippen LogP contribution in [0, 0.1) is 18.3 Å². The van der Waals surface area contributed by atoms with E-state index in [1.807, 2.05) is 19.1 Å². The number of nitriles is 1. The maximum Gasteiger partial charge on any atom is 0.352 e. The summed E-state index contributed by atoms with van der Waals surface area (Å²) < 4.78 is 0. The first-order chi connectivity index (χ1) is 9.02. The highest BCUT2D eigenvalue weighted by atomic mass is 16.4. The molecule has 0 saturated heterocycles. The third-order valence-electron chi connectivity index (χ3n) is 2.74. The van der Waals surface area contributed by atoms with Crippen molar-refractivity contribution in [2.24, 2.45) is 0 Å². The first kappa shape index (κ1) is 12.6. The second-order valence-electron chi connectivity index (χ2n) is 4.08. The van der Waals surface area contributed by atoms with Crippen LogP contribution in [-0.2, 0) is 0 Å². The van der Waals surface area contributed by atoms with E-state index in [2.05, 4.69) is 4.98 Å². The Balaban J connectivity index is 2.74. The van der Waals surface area contributed by atoms with E-state index in [4.69, 9.17) is 10.4 Å². The topological polar surface area (TPSA) is 93.9 Å². The minimum atomic E-state index is -1.24. The van der Waals surface area contributed by atoms with Gasteiger partial charge in [-0.2, -0.15) is 5.26 Å². The molecule has 2 aromatic rings. The number of carbonyl (C=O) groups is 1. The third-order valence-corrected chi connectivity index (χ3v) is 2.74. The minimum absolute atomic E-state index is 0.0890. The molecule has 2 N–H and O–H groups in total. The van der Waals surface area contributed by atoms with Crippen LogP contribution in [0.5, 0.6) is 0 Å². The molecule has 0 amide bonds. The van der Waals surface area contributed by atoms with E-state index in [0.29, 0.717) is 11.1 Å². The molecule has 0 fully saturated rings. The predicted octanol–water partition coefficient (Wildman–Crippen LogP) is 1.92. The van der Waals surface area contributed by atoms with Gasteiger partial charge in [0.05, 0.1) is 0 Å². The standard InChI is InChI=1S/C14H10N2O3/c1-8-2-4-9(5-3-8)10-6-12(14(18)19)16-13(17)11(10)7-15/h2-6H,1H3,(H,16,17)(H,18,19). The van der Waals surface area contributed by atoms with Gasteiger partial charge in [0, 0.05) is 5.56 Å². The molecule has 0 saturated carbocycles. The number of benzene rings is 1. The molecular weight excluding hydrogens is 244 g/mol. The number of carboxylic acids is 1. The monoisotopic (exact) mass is 254 g/mol. The van der Waals surface area contributed by atoms with Crippen molar-refractivity contribution in [2.45, 2.75) is 6.92 Å². The SMILES string of the molecule is Cc1ccc(-c2cc(C(=O)O)[nH]c(=O)c2C#N)cc1. The largest absolute Gasteiger partial charge is 0.477 e. The van der Waals surface area contributed by atoms with Gasteiger partial charge in [-0.1, -0.05) is 29.8 Å². The number of nitrogens with zero attached hydrogens (tertiary/aromatic N) is 1. The van der Waals surface area contributed by atoms with Gasteiger partial charge in [-0.05, 0) is 18.6 Å². The molecule has 5 nitrogen and oxygen atoms in total. The van der Waals surface area contributed by atoms with E-state index < -0.39 is 11.5 Å². The van der Waals surface area contributed by atoms with E-state index in [-0.39, 0.29) is 11.3 Å². The number of carboxylic acid groups (broad SMARTS) is 1. The number of hydrogen-bond donors (Lipinski definition) is 2. The Bertz CT molecular complexity index is 737. The lowest BCUT2D eigenvalue weighted by Crippen LogP contribution is -2.16. The molecule has 1 aromatic carbocycles. The van der Waals surface area contributed by atoms with Crippen molar-refractivity contribution in [2.75, 3.05) is 0 Å². The summed E-state index contributed by atoms with van der Waals surface area (Å²) in [6, 6.07) is 10.3. The molecule has 0 radical (unpaired) electrons. The molecule has 0 spiro atoms. The molecule has 2 rings (SSSR count). The van der Waals surface area contributed by atoms with Crippen LogP contribution in [0.1, 0.15) is 21.6 Å². The van der Waals surface area contributed by atoms with Crippen molar-refractivity contribution >= 4 is 5.97 Å². The maximum absolute atomic E-state index is 11.7. The predicted molar refractivity (Wildman–Crippen MR) is 68.9 cm³/mol. The van der Waals surface area contributed by atoms with E-state index in [0.717, 1.165) is 5.56 Å². The molecule has 0 aliphatic heterocycles. The van der Waals surface area contributed by atoms with Gasteiger partial charge in [0.25, 0.3) is 5.56 Å². The van der Waals surface area contributed by atoms with Gasteiger partial charge in [-0.3, -0.25) is 4.79 Å². The Hall–Kier alpha value is -2.87. The Labute approximate surface area is 108 Å². The Morgan fingerprint density at radius 2 is 1.95 bits per heavy atom. The first-order valence-electron chi connectivity index (χ1n) is 5.50. The van der Waals surface area contributed by atoms with Gasteiger partial charge in [-0.25, -0.2) is 4.79 Å². The molecule has 1 heterocycles. The molecule has 19 heavy (non-hydrogen) atoms. The Morgan fingerprint density at radius 1 is 1.32 bits per heavy atom. The van der Waals surface area contributed by atoms with Crippen LogP contribution in [0.4, 0.5) is 0 Å². The highest BCUT2D eigenvalue weighted by Crippen LogP contribution is 2.22. The lowest BCUT2D eigenvalue weighted by atomic mass is 10.00. The van der Waals surface area contributed by atoms with Gasteiger partial charge >= 0.3 is 5.97 Å². The number of hydrogen-bond acceptors (Lipinski definition) is 3. The quantitative estimate of drug-likeness (QED) is 0.856. The second-order valence-corrected chi connectivity index (χ2v) is 4.08. The summed E-state index contributed by atoms with van der Waals surface area (Å²) in [6.45, 7) is 1.91. The molecule has 0 aliphatic rings. The summed E-state index contributed by atoms with van der Waals surface area (Å²) in [5.41, 5.74) is 0.969. The fraction of sp³-hybridized carbons (Fsp3) is 0.0714. The molecule has 0 unspecified atom stereocenters.